The molecule has 6 nitrogen and oxygen atoms in total. The van der Waals surface area contributed by atoms with Crippen molar-refractivity contribution in [3.8, 4) is 0 Å². The summed E-state index contributed by atoms with van der Waals surface area (Å²) < 4.78 is 24.0. The first-order valence-electron chi connectivity index (χ1n) is 3.00. The predicted molar refractivity (Wildman–Crippen MR) is 38.8 cm³/mol. The summed E-state index contributed by atoms with van der Waals surface area (Å²) in [6, 6.07) is 0. The average molecular weight is 179 g/mol. The highest BCUT2D eigenvalue weighted by molar-refractivity contribution is 7.88. The largest absolute Gasteiger partial charge is 0.318 e. The van der Waals surface area contributed by atoms with Gasteiger partial charge in [-0.2, -0.15) is 8.42 Å². The lowest BCUT2D eigenvalue weighted by Gasteiger charge is -1.93. The lowest BCUT2D eigenvalue weighted by atomic mass is 10.3. The molecule has 1 heterocycles. The molecule has 0 radical (unpaired) electrons. The molecule has 1 fully saturated rings. The van der Waals surface area contributed by atoms with Gasteiger partial charge in [0.1, 0.15) is 5.84 Å². The van der Waals surface area contributed by atoms with Crippen LogP contribution in [0.1, 0.15) is 13.3 Å². The Hall–Kier alpha value is -0.660. The van der Waals surface area contributed by atoms with Crippen molar-refractivity contribution < 1.29 is 13.3 Å². The van der Waals surface area contributed by atoms with E-state index in [0.29, 0.717) is 6.42 Å². The van der Waals surface area contributed by atoms with E-state index in [-0.39, 0.29) is 11.9 Å². The minimum atomic E-state index is -3.79. The Morgan fingerprint density at radius 1 is 1.82 bits per heavy atom. The zero-order valence-electron chi connectivity index (χ0n) is 5.94. The summed E-state index contributed by atoms with van der Waals surface area (Å²) in [5.74, 6) is 0.250. The van der Waals surface area contributed by atoms with Gasteiger partial charge >= 0.3 is 10.2 Å². The molecular weight excluding hydrogens is 170 g/mol. The Labute approximate surface area is 64.6 Å². The number of amidine groups is 1. The second-order valence-corrected chi connectivity index (χ2v) is 3.50. The highest BCUT2D eigenvalue weighted by atomic mass is 32.2. The van der Waals surface area contributed by atoms with E-state index in [2.05, 4.69) is 15.0 Å². The fraction of sp³-hybridized carbons (Fsp3) is 0.750. The minimum absolute atomic E-state index is 0.0597. The highest BCUT2D eigenvalue weighted by Crippen LogP contribution is 2.04. The third-order valence-corrected chi connectivity index (χ3v) is 1.57. The molecule has 1 saturated heterocycles. The molecule has 1 rings (SSSR count). The maximum absolute atomic E-state index is 10.4. The molecule has 0 bridgehead atoms. The zero-order valence-corrected chi connectivity index (χ0v) is 6.76. The fourth-order valence-corrected chi connectivity index (χ4v) is 1.15. The molecule has 1 aliphatic heterocycles. The SMILES string of the molecule is CC1C/C(=N\S(N)(=O)=O)NO1. The van der Waals surface area contributed by atoms with E-state index in [4.69, 9.17) is 4.84 Å². The van der Waals surface area contributed by atoms with Gasteiger partial charge in [-0.25, -0.2) is 5.14 Å². The van der Waals surface area contributed by atoms with Crippen LogP contribution in [0.4, 0.5) is 0 Å². The number of nitrogens with two attached hydrogens (primary N) is 1. The number of hydrogen-bond donors (Lipinski definition) is 2. The van der Waals surface area contributed by atoms with E-state index < -0.39 is 10.2 Å². The van der Waals surface area contributed by atoms with Crippen LogP contribution in [0, 0.1) is 0 Å². The summed E-state index contributed by atoms with van der Waals surface area (Å²) in [6.07, 6.45) is 0.381. The van der Waals surface area contributed by atoms with Crippen molar-refractivity contribution in [1.29, 1.82) is 0 Å². The monoisotopic (exact) mass is 179 g/mol. The Kier molecular flexibility index (Phi) is 2.12. The molecular formula is C4H9N3O3S. The molecule has 0 aromatic rings. The van der Waals surface area contributed by atoms with Crippen molar-refractivity contribution in [3.05, 3.63) is 0 Å². The lowest BCUT2D eigenvalue weighted by molar-refractivity contribution is 0.0575. The minimum Gasteiger partial charge on any atom is -0.271 e. The predicted octanol–water partition coefficient (Wildman–Crippen LogP) is -1.10. The third-order valence-electron chi connectivity index (χ3n) is 1.10. The van der Waals surface area contributed by atoms with Crippen molar-refractivity contribution in [2.75, 3.05) is 0 Å². The third kappa shape index (κ3) is 2.83. The Balaban J connectivity index is 2.71. The fourth-order valence-electron chi connectivity index (χ4n) is 0.734. The number of hydrogen-bond acceptors (Lipinski definition) is 3. The normalized spacial score (nSPS) is 28.9. The van der Waals surface area contributed by atoms with Gasteiger partial charge in [0.15, 0.2) is 0 Å². The maximum Gasteiger partial charge on any atom is 0.318 e. The van der Waals surface area contributed by atoms with Crippen molar-refractivity contribution in [2.45, 2.75) is 19.4 Å². The van der Waals surface area contributed by atoms with Crippen LogP contribution in [0.3, 0.4) is 0 Å². The first kappa shape index (κ1) is 8.44. The van der Waals surface area contributed by atoms with Gasteiger partial charge in [0.05, 0.1) is 6.10 Å². The van der Waals surface area contributed by atoms with Gasteiger partial charge in [-0.1, -0.05) is 0 Å². The summed E-state index contributed by atoms with van der Waals surface area (Å²) >= 11 is 0. The van der Waals surface area contributed by atoms with E-state index >= 15 is 0 Å². The molecule has 0 amide bonds. The first-order chi connectivity index (χ1) is 4.97. The highest BCUT2D eigenvalue weighted by Gasteiger charge is 2.18. The van der Waals surface area contributed by atoms with Crippen LogP contribution in [0.5, 0.6) is 0 Å². The molecule has 1 aliphatic rings. The van der Waals surface area contributed by atoms with Crippen molar-refractivity contribution in [2.24, 2.45) is 9.54 Å². The molecule has 1 unspecified atom stereocenters. The van der Waals surface area contributed by atoms with E-state index in [1.807, 2.05) is 0 Å². The van der Waals surface area contributed by atoms with Gasteiger partial charge in [0.2, 0.25) is 0 Å². The molecule has 11 heavy (non-hydrogen) atoms. The molecule has 0 aromatic heterocycles. The number of nitrogens with one attached hydrogen (secondary N) is 1. The summed E-state index contributed by atoms with van der Waals surface area (Å²) in [5, 5.41) is 4.65. The average Bonchev–Trinajstić information content (AvgIpc) is 2.10. The molecule has 1 atom stereocenters. The van der Waals surface area contributed by atoms with Gasteiger partial charge in [-0.05, 0) is 6.92 Å². The summed E-state index contributed by atoms with van der Waals surface area (Å²) in [6.45, 7) is 1.79. The quantitative estimate of drug-likeness (QED) is 0.534. The number of rotatable bonds is 1. The van der Waals surface area contributed by atoms with Crippen LogP contribution >= 0.6 is 0 Å². The number of nitrogens with zero attached hydrogens (tertiary/aromatic N) is 1. The Morgan fingerprint density at radius 2 is 2.45 bits per heavy atom. The standard InChI is InChI=1S/C4H9N3O3S/c1-3-2-4(6-10-3)7-11(5,8)9/h3H,2H2,1H3,(H,6,7)(H2,5,8,9). The molecule has 0 aliphatic carbocycles. The second-order valence-electron chi connectivity index (χ2n) is 2.29. The smallest absolute Gasteiger partial charge is 0.271 e. The van der Waals surface area contributed by atoms with Gasteiger partial charge in [-0.15, -0.1) is 4.40 Å². The first-order valence-corrected chi connectivity index (χ1v) is 4.51. The molecule has 7 heteroatoms. The van der Waals surface area contributed by atoms with Crippen LogP contribution < -0.4 is 10.6 Å². The Bertz CT molecular complexity index is 270. The molecule has 0 aromatic carbocycles. The van der Waals surface area contributed by atoms with Crippen molar-refractivity contribution >= 4 is 16.0 Å². The van der Waals surface area contributed by atoms with Gasteiger partial charge in [-0.3, -0.25) is 10.3 Å². The van der Waals surface area contributed by atoms with Gasteiger partial charge < -0.3 is 0 Å². The topological polar surface area (TPSA) is 93.8 Å². The van der Waals surface area contributed by atoms with E-state index in [1.54, 1.807) is 6.92 Å². The Morgan fingerprint density at radius 3 is 2.82 bits per heavy atom. The lowest BCUT2D eigenvalue weighted by Crippen LogP contribution is -2.18. The maximum atomic E-state index is 10.4. The van der Waals surface area contributed by atoms with Crippen LogP contribution in [0.2, 0.25) is 0 Å². The summed E-state index contributed by atoms with van der Waals surface area (Å²) in [4.78, 5) is 4.81. The molecule has 0 saturated carbocycles. The zero-order chi connectivity index (χ0) is 8.48. The summed E-state index contributed by atoms with van der Waals surface area (Å²) in [7, 11) is -3.79. The van der Waals surface area contributed by atoms with E-state index in [9.17, 15) is 8.42 Å². The van der Waals surface area contributed by atoms with Gasteiger partial charge in [0, 0.05) is 6.42 Å². The van der Waals surface area contributed by atoms with Crippen molar-refractivity contribution in [1.82, 2.24) is 5.48 Å². The summed E-state index contributed by atoms with van der Waals surface area (Å²) in [5.41, 5.74) is 2.35. The molecule has 3 N–H and O–H groups in total. The second kappa shape index (κ2) is 2.76. The van der Waals surface area contributed by atoms with E-state index in [1.165, 1.54) is 0 Å². The van der Waals surface area contributed by atoms with Crippen molar-refractivity contribution in [3.63, 3.8) is 0 Å². The van der Waals surface area contributed by atoms with E-state index in [0.717, 1.165) is 0 Å². The van der Waals surface area contributed by atoms with Crippen LogP contribution in [0.25, 0.3) is 0 Å². The van der Waals surface area contributed by atoms with Gasteiger partial charge in [0.25, 0.3) is 0 Å². The van der Waals surface area contributed by atoms with Crippen LogP contribution in [-0.2, 0) is 15.0 Å². The van der Waals surface area contributed by atoms with Crippen LogP contribution in [-0.4, -0.2) is 20.4 Å². The number of hydroxylamine groups is 1. The van der Waals surface area contributed by atoms with Crippen LogP contribution in [0.15, 0.2) is 4.40 Å². The molecule has 0 spiro atoms. The molecule has 64 valence electrons.